The van der Waals surface area contributed by atoms with Crippen molar-refractivity contribution in [2.75, 3.05) is 13.1 Å². The SMILES string of the molecule is O=C(c1cc(-c2ccccc2)on1)N1CCC(Oc2cnc3ccccc3n2)CC1. The number of para-hydroxylation sites is 2. The molecule has 3 heterocycles. The fourth-order valence-electron chi connectivity index (χ4n) is 3.62. The summed E-state index contributed by atoms with van der Waals surface area (Å²) < 4.78 is 11.4. The van der Waals surface area contributed by atoms with Gasteiger partial charge < -0.3 is 14.2 Å². The van der Waals surface area contributed by atoms with Crippen LogP contribution < -0.4 is 4.74 Å². The molecule has 0 spiro atoms. The Hall–Kier alpha value is -3.74. The van der Waals surface area contributed by atoms with Gasteiger partial charge in [-0.3, -0.25) is 4.79 Å². The van der Waals surface area contributed by atoms with Gasteiger partial charge in [0.1, 0.15) is 6.10 Å². The number of carbonyl (C=O) groups excluding carboxylic acids is 1. The molecule has 0 aliphatic carbocycles. The van der Waals surface area contributed by atoms with Crippen molar-refractivity contribution in [3.63, 3.8) is 0 Å². The predicted molar refractivity (Wildman–Crippen MR) is 111 cm³/mol. The first-order valence-corrected chi connectivity index (χ1v) is 9.96. The van der Waals surface area contributed by atoms with E-state index in [4.69, 9.17) is 9.26 Å². The Kier molecular flexibility index (Phi) is 4.85. The third-order valence-electron chi connectivity index (χ3n) is 5.23. The van der Waals surface area contributed by atoms with E-state index in [2.05, 4.69) is 15.1 Å². The zero-order valence-corrected chi connectivity index (χ0v) is 16.3. The van der Waals surface area contributed by atoms with Crippen LogP contribution in [0.2, 0.25) is 0 Å². The number of benzene rings is 2. The highest BCUT2D eigenvalue weighted by molar-refractivity contribution is 5.93. The summed E-state index contributed by atoms with van der Waals surface area (Å²) in [5, 5.41) is 3.97. The molecule has 2 aromatic heterocycles. The van der Waals surface area contributed by atoms with Gasteiger partial charge in [-0.1, -0.05) is 47.6 Å². The maximum Gasteiger partial charge on any atom is 0.276 e. The molecule has 1 amide bonds. The minimum absolute atomic E-state index is 0.00157. The van der Waals surface area contributed by atoms with E-state index < -0.39 is 0 Å². The fraction of sp³-hybridized carbons (Fsp3) is 0.217. The summed E-state index contributed by atoms with van der Waals surface area (Å²) in [4.78, 5) is 23.5. The molecule has 0 bridgehead atoms. The molecule has 0 N–H and O–H groups in total. The van der Waals surface area contributed by atoms with Crippen molar-refractivity contribution in [1.82, 2.24) is 20.0 Å². The van der Waals surface area contributed by atoms with E-state index in [9.17, 15) is 4.79 Å². The van der Waals surface area contributed by atoms with E-state index in [-0.39, 0.29) is 12.0 Å². The van der Waals surface area contributed by atoms with Crippen molar-refractivity contribution >= 4 is 16.9 Å². The van der Waals surface area contributed by atoms with Crippen molar-refractivity contribution in [2.45, 2.75) is 18.9 Å². The average Bonchev–Trinajstić information content (AvgIpc) is 3.30. The summed E-state index contributed by atoms with van der Waals surface area (Å²) in [5.74, 6) is 0.986. The predicted octanol–water partition coefficient (Wildman–Crippen LogP) is 3.97. The van der Waals surface area contributed by atoms with Gasteiger partial charge in [0, 0.05) is 37.6 Å². The number of likely N-dealkylation sites (tertiary alicyclic amines) is 1. The lowest BCUT2D eigenvalue weighted by Gasteiger charge is -2.31. The topological polar surface area (TPSA) is 81.4 Å². The molecule has 2 aromatic carbocycles. The second-order valence-electron chi connectivity index (χ2n) is 7.25. The zero-order valence-electron chi connectivity index (χ0n) is 16.3. The minimum Gasteiger partial charge on any atom is -0.473 e. The lowest BCUT2D eigenvalue weighted by atomic mass is 10.1. The number of amides is 1. The number of hydrogen-bond donors (Lipinski definition) is 0. The van der Waals surface area contributed by atoms with Gasteiger partial charge in [0.05, 0.1) is 17.2 Å². The van der Waals surface area contributed by atoms with Crippen LogP contribution in [0.4, 0.5) is 0 Å². The highest BCUT2D eigenvalue weighted by Gasteiger charge is 2.27. The fourth-order valence-corrected chi connectivity index (χ4v) is 3.62. The Morgan fingerprint density at radius 2 is 1.73 bits per heavy atom. The molecular formula is C23H20N4O3. The van der Waals surface area contributed by atoms with Gasteiger partial charge >= 0.3 is 0 Å². The van der Waals surface area contributed by atoms with E-state index in [0.717, 1.165) is 29.4 Å². The van der Waals surface area contributed by atoms with Gasteiger partial charge in [0.25, 0.3) is 5.91 Å². The van der Waals surface area contributed by atoms with Crippen molar-refractivity contribution in [1.29, 1.82) is 0 Å². The summed E-state index contributed by atoms with van der Waals surface area (Å²) in [7, 11) is 0. The molecule has 150 valence electrons. The van der Waals surface area contributed by atoms with Crippen molar-refractivity contribution in [2.24, 2.45) is 0 Å². The normalized spacial score (nSPS) is 14.7. The van der Waals surface area contributed by atoms with E-state index in [1.165, 1.54) is 0 Å². The van der Waals surface area contributed by atoms with Crippen LogP contribution in [0, 0.1) is 0 Å². The van der Waals surface area contributed by atoms with Crippen LogP contribution in [-0.2, 0) is 0 Å². The van der Waals surface area contributed by atoms with Crippen LogP contribution in [0.25, 0.3) is 22.4 Å². The molecule has 0 unspecified atom stereocenters. The highest BCUT2D eigenvalue weighted by atomic mass is 16.5. The quantitative estimate of drug-likeness (QED) is 0.516. The van der Waals surface area contributed by atoms with Gasteiger partial charge in [-0.15, -0.1) is 0 Å². The number of rotatable bonds is 4. The lowest BCUT2D eigenvalue weighted by Crippen LogP contribution is -2.42. The molecule has 4 aromatic rings. The number of piperidine rings is 1. The Balaban J connectivity index is 1.20. The van der Waals surface area contributed by atoms with E-state index >= 15 is 0 Å². The second-order valence-corrected chi connectivity index (χ2v) is 7.25. The van der Waals surface area contributed by atoms with Gasteiger partial charge in [0.15, 0.2) is 11.5 Å². The van der Waals surface area contributed by atoms with Crippen molar-refractivity contribution in [3.8, 4) is 17.2 Å². The van der Waals surface area contributed by atoms with Crippen LogP contribution in [-0.4, -0.2) is 45.1 Å². The third kappa shape index (κ3) is 3.74. The van der Waals surface area contributed by atoms with Gasteiger partial charge in [-0.25, -0.2) is 9.97 Å². The van der Waals surface area contributed by atoms with Gasteiger partial charge in [-0.05, 0) is 12.1 Å². The number of nitrogens with zero attached hydrogens (tertiary/aromatic N) is 4. The highest BCUT2D eigenvalue weighted by Crippen LogP contribution is 2.23. The number of carbonyl (C=O) groups is 1. The molecule has 1 aliphatic heterocycles. The molecule has 1 aliphatic rings. The van der Waals surface area contributed by atoms with Crippen molar-refractivity contribution < 1.29 is 14.1 Å². The van der Waals surface area contributed by atoms with E-state index in [1.54, 1.807) is 17.2 Å². The molecule has 0 saturated carbocycles. The monoisotopic (exact) mass is 400 g/mol. The summed E-state index contributed by atoms with van der Waals surface area (Å²) >= 11 is 0. The van der Waals surface area contributed by atoms with Gasteiger partial charge in [0.2, 0.25) is 5.88 Å². The second kappa shape index (κ2) is 7.94. The van der Waals surface area contributed by atoms with Crippen molar-refractivity contribution in [3.05, 3.63) is 72.6 Å². The largest absolute Gasteiger partial charge is 0.473 e. The van der Waals surface area contributed by atoms with Crippen LogP contribution >= 0.6 is 0 Å². The standard InChI is InChI=1S/C23H20N4O3/c28-23(20-14-21(30-26-20)16-6-2-1-3-7-16)27-12-10-17(11-13-27)29-22-15-24-18-8-4-5-9-19(18)25-22/h1-9,14-15,17H,10-13H2. The lowest BCUT2D eigenvalue weighted by molar-refractivity contribution is 0.0578. The third-order valence-corrected chi connectivity index (χ3v) is 5.23. The summed E-state index contributed by atoms with van der Waals surface area (Å²) in [5.41, 5.74) is 2.87. The van der Waals surface area contributed by atoms with Crippen LogP contribution in [0.15, 0.2) is 71.4 Å². The number of aromatic nitrogens is 3. The van der Waals surface area contributed by atoms with Crippen LogP contribution in [0.1, 0.15) is 23.3 Å². The first kappa shape index (κ1) is 18.3. The first-order chi connectivity index (χ1) is 14.8. The molecule has 0 atom stereocenters. The Morgan fingerprint density at radius 3 is 2.53 bits per heavy atom. The molecule has 7 nitrogen and oxygen atoms in total. The summed E-state index contributed by atoms with van der Waals surface area (Å²) in [6.45, 7) is 1.19. The summed E-state index contributed by atoms with van der Waals surface area (Å²) in [6, 6.07) is 19.0. The van der Waals surface area contributed by atoms with E-state index in [1.807, 2.05) is 54.6 Å². The maximum atomic E-state index is 12.8. The molecule has 5 rings (SSSR count). The number of ether oxygens (including phenoxy) is 1. The average molecular weight is 400 g/mol. The molecule has 1 saturated heterocycles. The molecular weight excluding hydrogens is 380 g/mol. The summed E-state index contributed by atoms with van der Waals surface area (Å²) in [6.07, 6.45) is 3.11. The number of hydrogen-bond acceptors (Lipinski definition) is 6. The Morgan fingerprint density at radius 1 is 1.00 bits per heavy atom. The van der Waals surface area contributed by atoms with Gasteiger partial charge in [-0.2, -0.15) is 0 Å². The van der Waals surface area contributed by atoms with E-state index in [0.29, 0.717) is 30.4 Å². The maximum absolute atomic E-state index is 12.8. The Bertz CT molecular complexity index is 1170. The molecule has 1 fully saturated rings. The first-order valence-electron chi connectivity index (χ1n) is 9.96. The molecule has 30 heavy (non-hydrogen) atoms. The Labute approximate surface area is 173 Å². The van der Waals surface area contributed by atoms with Crippen LogP contribution in [0.3, 0.4) is 0 Å². The van der Waals surface area contributed by atoms with Crippen LogP contribution in [0.5, 0.6) is 5.88 Å². The smallest absolute Gasteiger partial charge is 0.276 e. The molecule has 0 radical (unpaired) electrons. The number of fused-ring (bicyclic) bond motifs is 1. The molecule has 7 heteroatoms. The zero-order chi connectivity index (χ0) is 20.3. The minimum atomic E-state index is -0.120.